The van der Waals surface area contributed by atoms with Gasteiger partial charge in [-0.25, -0.2) is 9.59 Å². The van der Waals surface area contributed by atoms with Crippen molar-refractivity contribution < 1.29 is 9.59 Å². The van der Waals surface area contributed by atoms with Crippen molar-refractivity contribution in [2.24, 2.45) is 5.73 Å². The van der Waals surface area contributed by atoms with Crippen molar-refractivity contribution >= 4 is 17.7 Å². The summed E-state index contributed by atoms with van der Waals surface area (Å²) in [6.07, 6.45) is 0. The smallest absolute Gasteiger partial charge is 0.327 e. The van der Waals surface area contributed by atoms with E-state index in [9.17, 15) is 9.59 Å². The van der Waals surface area contributed by atoms with Crippen LogP contribution in [0.3, 0.4) is 0 Å². The molecule has 1 aromatic rings. The van der Waals surface area contributed by atoms with Gasteiger partial charge in [-0.1, -0.05) is 18.2 Å². The number of para-hydroxylation sites is 1. The first-order chi connectivity index (χ1) is 6.18. The summed E-state index contributed by atoms with van der Waals surface area (Å²) in [5, 5.41) is 4.30. The van der Waals surface area contributed by atoms with Crippen LogP contribution in [-0.4, -0.2) is 12.1 Å². The van der Waals surface area contributed by atoms with E-state index in [-0.39, 0.29) is 0 Å². The molecule has 0 aliphatic carbocycles. The van der Waals surface area contributed by atoms with Crippen molar-refractivity contribution in [3.8, 4) is 0 Å². The molecule has 13 heavy (non-hydrogen) atoms. The number of hydrogen-bond acceptors (Lipinski definition) is 2. The highest BCUT2D eigenvalue weighted by Gasteiger charge is 2.02. The number of hydrogen-bond donors (Lipinski definition) is 3. The van der Waals surface area contributed by atoms with Crippen molar-refractivity contribution in [3.63, 3.8) is 0 Å². The van der Waals surface area contributed by atoms with E-state index in [4.69, 9.17) is 5.73 Å². The van der Waals surface area contributed by atoms with Gasteiger partial charge in [0.1, 0.15) is 0 Å². The Kier molecular flexibility index (Phi) is 2.86. The molecule has 0 spiro atoms. The summed E-state index contributed by atoms with van der Waals surface area (Å²) in [7, 11) is 0. The Hall–Kier alpha value is -2.04. The Morgan fingerprint density at radius 1 is 1.15 bits per heavy atom. The Morgan fingerprint density at radius 2 is 1.77 bits per heavy atom. The highest BCUT2D eigenvalue weighted by Crippen LogP contribution is 2.03. The molecule has 0 radical (unpaired) electrons. The molecule has 0 atom stereocenters. The number of primary amides is 1. The minimum absolute atomic E-state index is 0.598. The second-order valence-corrected chi connectivity index (χ2v) is 2.31. The summed E-state index contributed by atoms with van der Waals surface area (Å²) in [6, 6.07) is 7.21. The maximum atomic E-state index is 10.9. The van der Waals surface area contributed by atoms with Gasteiger partial charge in [-0.2, -0.15) is 0 Å². The zero-order chi connectivity index (χ0) is 9.68. The quantitative estimate of drug-likeness (QED) is 0.598. The average Bonchev–Trinajstić information content (AvgIpc) is 2.04. The van der Waals surface area contributed by atoms with Crippen molar-refractivity contribution in [2.75, 3.05) is 5.32 Å². The SMILES string of the molecule is NC(=O)NC(=O)Nc1ccccc1. The summed E-state index contributed by atoms with van der Waals surface area (Å²) < 4.78 is 0. The van der Waals surface area contributed by atoms with Gasteiger partial charge in [-0.3, -0.25) is 5.32 Å². The minimum atomic E-state index is -0.881. The summed E-state index contributed by atoms with van der Waals surface area (Å²) in [5.74, 6) is 0. The molecule has 0 saturated heterocycles. The molecule has 4 N–H and O–H groups in total. The van der Waals surface area contributed by atoms with Crippen LogP contribution in [0, 0.1) is 0 Å². The molecule has 0 fully saturated rings. The van der Waals surface area contributed by atoms with Crippen molar-refractivity contribution in [3.05, 3.63) is 30.3 Å². The van der Waals surface area contributed by atoms with Crippen molar-refractivity contribution in [2.45, 2.75) is 0 Å². The van der Waals surface area contributed by atoms with Gasteiger partial charge in [0.2, 0.25) is 0 Å². The number of anilines is 1. The van der Waals surface area contributed by atoms with E-state index in [2.05, 4.69) is 5.32 Å². The third kappa shape index (κ3) is 3.24. The molecule has 5 heteroatoms. The zero-order valence-electron chi connectivity index (χ0n) is 6.78. The molecule has 68 valence electrons. The number of imide groups is 1. The molecule has 1 aromatic carbocycles. The van der Waals surface area contributed by atoms with Crippen LogP contribution >= 0.6 is 0 Å². The number of nitrogens with two attached hydrogens (primary N) is 1. The number of amides is 4. The van der Waals surface area contributed by atoms with Crippen LogP contribution in [0.1, 0.15) is 0 Å². The molecule has 0 saturated carbocycles. The zero-order valence-corrected chi connectivity index (χ0v) is 6.78. The highest BCUT2D eigenvalue weighted by atomic mass is 16.2. The topological polar surface area (TPSA) is 84.2 Å². The highest BCUT2D eigenvalue weighted by molar-refractivity contribution is 5.99. The molecular formula is C8H9N3O2. The molecule has 0 unspecified atom stereocenters. The first-order valence-electron chi connectivity index (χ1n) is 3.61. The number of rotatable bonds is 1. The van der Waals surface area contributed by atoms with E-state index in [1.54, 1.807) is 24.3 Å². The largest absolute Gasteiger partial charge is 0.351 e. The van der Waals surface area contributed by atoms with E-state index in [0.717, 1.165) is 0 Å². The van der Waals surface area contributed by atoms with Crippen LogP contribution in [0.4, 0.5) is 15.3 Å². The Morgan fingerprint density at radius 3 is 2.31 bits per heavy atom. The summed E-state index contributed by atoms with van der Waals surface area (Å²) in [5.41, 5.74) is 5.33. The Bertz CT molecular complexity index is 310. The lowest BCUT2D eigenvalue weighted by Gasteiger charge is -2.03. The maximum absolute atomic E-state index is 10.9. The molecule has 5 nitrogen and oxygen atoms in total. The van der Waals surface area contributed by atoms with Crippen molar-refractivity contribution in [1.29, 1.82) is 0 Å². The van der Waals surface area contributed by atoms with Crippen LogP contribution in [0.5, 0.6) is 0 Å². The average molecular weight is 179 g/mol. The van der Waals surface area contributed by atoms with E-state index >= 15 is 0 Å². The second-order valence-electron chi connectivity index (χ2n) is 2.31. The third-order valence-corrected chi connectivity index (χ3v) is 1.27. The van der Waals surface area contributed by atoms with Gasteiger partial charge >= 0.3 is 12.1 Å². The summed E-state index contributed by atoms with van der Waals surface area (Å²) >= 11 is 0. The van der Waals surface area contributed by atoms with Gasteiger partial charge in [-0.05, 0) is 12.1 Å². The van der Waals surface area contributed by atoms with Crippen LogP contribution in [0.25, 0.3) is 0 Å². The molecule has 0 aromatic heterocycles. The lowest BCUT2D eigenvalue weighted by molar-refractivity contribution is 0.238. The van der Waals surface area contributed by atoms with Gasteiger partial charge in [0, 0.05) is 5.69 Å². The van der Waals surface area contributed by atoms with Crippen LogP contribution < -0.4 is 16.4 Å². The second kappa shape index (κ2) is 4.10. The van der Waals surface area contributed by atoms with Gasteiger partial charge in [0.05, 0.1) is 0 Å². The summed E-state index contributed by atoms with van der Waals surface area (Å²) in [4.78, 5) is 21.2. The predicted molar refractivity (Wildman–Crippen MR) is 48.2 cm³/mol. The van der Waals surface area contributed by atoms with Gasteiger partial charge < -0.3 is 11.1 Å². The standard InChI is InChI=1S/C8H9N3O2/c9-7(12)11-8(13)10-6-4-2-1-3-5-6/h1-5H,(H4,9,10,11,12,13). The lowest BCUT2D eigenvalue weighted by atomic mass is 10.3. The first-order valence-corrected chi connectivity index (χ1v) is 3.61. The maximum Gasteiger partial charge on any atom is 0.327 e. The molecule has 0 aliphatic rings. The third-order valence-electron chi connectivity index (χ3n) is 1.27. The fraction of sp³-hybridized carbons (Fsp3) is 0. The van der Waals surface area contributed by atoms with E-state index in [1.807, 2.05) is 11.4 Å². The number of benzene rings is 1. The number of nitrogens with one attached hydrogen (secondary N) is 2. The van der Waals surface area contributed by atoms with Gasteiger partial charge in [0.25, 0.3) is 0 Å². The fourth-order valence-corrected chi connectivity index (χ4v) is 0.796. The molecule has 4 amide bonds. The van der Waals surface area contributed by atoms with E-state index in [0.29, 0.717) is 5.69 Å². The number of carbonyl (C=O) groups excluding carboxylic acids is 2. The van der Waals surface area contributed by atoms with E-state index in [1.165, 1.54) is 0 Å². The fourth-order valence-electron chi connectivity index (χ4n) is 0.796. The molecule has 0 bridgehead atoms. The lowest BCUT2D eigenvalue weighted by Crippen LogP contribution is -2.38. The van der Waals surface area contributed by atoms with Crippen LogP contribution in [0.2, 0.25) is 0 Å². The normalized spacial score (nSPS) is 8.92. The number of urea groups is 2. The molecule has 1 rings (SSSR count). The minimum Gasteiger partial charge on any atom is -0.351 e. The van der Waals surface area contributed by atoms with E-state index < -0.39 is 12.1 Å². The molecule has 0 heterocycles. The monoisotopic (exact) mass is 179 g/mol. The van der Waals surface area contributed by atoms with Gasteiger partial charge in [-0.15, -0.1) is 0 Å². The van der Waals surface area contributed by atoms with Crippen molar-refractivity contribution in [1.82, 2.24) is 5.32 Å². The van der Waals surface area contributed by atoms with Gasteiger partial charge in [0.15, 0.2) is 0 Å². The summed E-state index contributed by atoms with van der Waals surface area (Å²) in [6.45, 7) is 0. The first kappa shape index (κ1) is 9.05. The van der Waals surface area contributed by atoms with Crippen LogP contribution in [-0.2, 0) is 0 Å². The Labute approximate surface area is 74.9 Å². The number of carbonyl (C=O) groups is 2. The molecular weight excluding hydrogens is 170 g/mol. The predicted octanol–water partition coefficient (Wildman–Crippen LogP) is 0.887. The Balaban J connectivity index is 2.50. The molecule has 0 aliphatic heterocycles. The van der Waals surface area contributed by atoms with Crippen LogP contribution in [0.15, 0.2) is 30.3 Å².